The van der Waals surface area contributed by atoms with Crippen LogP contribution in [0.25, 0.3) is 0 Å². The van der Waals surface area contributed by atoms with Crippen LogP contribution < -0.4 is 5.32 Å². The van der Waals surface area contributed by atoms with Gasteiger partial charge in [-0.05, 0) is 140 Å². The number of allylic oxidation sites excluding steroid dienone is 1. The number of aliphatic hydroxyl groups excluding tert-OH is 1. The van der Waals surface area contributed by atoms with E-state index in [1.54, 1.807) is 6.92 Å². The molecule has 0 bridgehead atoms. The minimum Gasteiger partial charge on any atom is -0.394 e. The molecule has 2 N–H and O–H groups in total. The van der Waals surface area contributed by atoms with Crippen molar-refractivity contribution in [1.82, 2.24) is 5.32 Å². The third kappa shape index (κ3) is 24.1. The number of unbranched alkanes of at least 4 members (excludes halogenated alkanes) is 10. The number of nitrogens with one attached hydrogen (secondary N) is 1. The molecule has 0 aromatic heterocycles. The molecule has 0 saturated carbocycles. The lowest BCUT2D eigenvalue weighted by Gasteiger charge is -2.43. The Morgan fingerprint density at radius 3 is 1.60 bits per heavy atom. The maximum atomic E-state index is 13.2. The Hall–Kier alpha value is -6.27. The third-order valence-corrected chi connectivity index (χ3v) is 10.1. The van der Waals surface area contributed by atoms with Gasteiger partial charge in [-0.25, -0.2) is 0 Å². The molecular formula is C56H107NO6. The smallest absolute Gasteiger partial charge is 0.297 e. The van der Waals surface area contributed by atoms with Crippen LogP contribution in [0.4, 0.5) is 0 Å². The van der Waals surface area contributed by atoms with Gasteiger partial charge >= 0.3 is 0 Å². The molecule has 7 nitrogen and oxygen atoms in total. The Kier molecular flexibility index (Phi) is 28.0. The summed E-state index contributed by atoms with van der Waals surface area (Å²) in [5.41, 5.74) is 0. The van der Waals surface area contributed by atoms with E-state index in [-0.39, 0.29) is 71.3 Å². The Bertz CT molecular complexity index is 2390. The van der Waals surface area contributed by atoms with Gasteiger partial charge in [0.05, 0.1) is 25.4 Å². The number of hydrogen-bond donors (Lipinski definition) is 2. The van der Waals surface area contributed by atoms with Crippen molar-refractivity contribution < 1.29 is 63.1 Å². The molecule has 0 aliphatic carbocycles. The highest BCUT2D eigenvalue weighted by Gasteiger charge is 2.46. The van der Waals surface area contributed by atoms with Crippen molar-refractivity contribution in [3.8, 4) is 142 Å². The van der Waals surface area contributed by atoms with Crippen molar-refractivity contribution in [3.63, 3.8) is 0 Å². The summed E-state index contributed by atoms with van der Waals surface area (Å²) in [4.78, 5) is 13.2. The molecule has 2 aliphatic rings. The van der Waals surface area contributed by atoms with E-state index >= 15 is 0 Å². The summed E-state index contributed by atoms with van der Waals surface area (Å²) < 4.78 is 25.2. The van der Waals surface area contributed by atoms with E-state index in [0.717, 1.165) is 12.8 Å². The summed E-state index contributed by atoms with van der Waals surface area (Å²) in [5.74, 6) is 60.0. The molecular weight excluding hydrogens is 783 g/mol. The molecule has 0 spiro atoms. The van der Waals surface area contributed by atoms with Crippen LogP contribution in [-0.2, 0) is 23.7 Å². The van der Waals surface area contributed by atoms with Crippen LogP contribution in [0.3, 0.4) is 0 Å². The van der Waals surface area contributed by atoms with E-state index in [0.29, 0.717) is 0 Å². The molecule has 0 radical (unpaired) electrons. The lowest BCUT2D eigenvalue weighted by molar-refractivity contribution is -0.257. The Balaban J connectivity index is -0.0000000813. The Morgan fingerprint density at radius 2 is 1.13 bits per heavy atom. The zero-order valence-electron chi connectivity index (χ0n) is 38.0. The van der Waals surface area contributed by atoms with Crippen LogP contribution in [-0.4, -0.2) is 60.7 Å². The zero-order valence-corrected chi connectivity index (χ0v) is 38.0. The standard InChI is InChI=1S/C56H59NO6.24H2/c1-8-10-12-14-16-18-20-22-23-24-25-26-27-28-29-30-31-32-34-36-38-40-42-44-53(59)57-50(46-60-55-49(5)47(3)48(4)52(45-58)61-55)54-51(62-56(6,7)63-54)43-41-39-37-35-33-21-19-17-15-13-11-9-2;;;;;;;;;;;;;;;;;;;;;;;;/h41,43,47-52,54-55,58H,9,11,13,15,17,19,21,33,35,37,39,45-46H2,1-7H3,(H,57,59);24*1H/t47-,48+,49?,50-,51+,52?,54-,55-;;;;;;;;;;;;;;;;;;;;;;;;/m0......................../s1. The molecule has 2 heterocycles. The van der Waals surface area contributed by atoms with Crippen LogP contribution in [0.5, 0.6) is 0 Å². The quantitative estimate of drug-likeness (QED) is 0.0810. The second-order valence-electron chi connectivity index (χ2n) is 15.3. The summed E-state index contributed by atoms with van der Waals surface area (Å²) in [5, 5.41) is 12.9. The number of carbonyl (C=O) groups excluding carboxylic acids is 1. The lowest BCUT2D eigenvalue weighted by atomic mass is 9.79. The average Bonchev–Trinajstić information content (AvgIpc) is 3.58. The molecule has 2 saturated heterocycles. The Labute approximate surface area is 415 Å². The highest BCUT2D eigenvalue weighted by Crippen LogP contribution is 2.36. The number of carbonyl (C=O) groups is 1. The van der Waals surface area contributed by atoms with E-state index in [4.69, 9.17) is 18.9 Å². The highest BCUT2D eigenvalue weighted by atomic mass is 16.8. The van der Waals surface area contributed by atoms with Gasteiger partial charge in [0.25, 0.3) is 5.91 Å². The van der Waals surface area contributed by atoms with Crippen molar-refractivity contribution in [1.29, 1.82) is 0 Å². The molecule has 7 heteroatoms. The van der Waals surface area contributed by atoms with E-state index in [1.807, 2.05) is 19.9 Å². The lowest BCUT2D eigenvalue weighted by Crippen LogP contribution is -2.52. The molecule has 0 aromatic rings. The molecule has 372 valence electrons. The number of ether oxygens (including phenoxy) is 4. The first kappa shape index (κ1) is 52.9. The topological polar surface area (TPSA) is 86.3 Å². The van der Waals surface area contributed by atoms with Crippen molar-refractivity contribution in [2.75, 3.05) is 13.2 Å². The summed E-state index contributed by atoms with van der Waals surface area (Å²) in [6.45, 7) is 13.9. The van der Waals surface area contributed by atoms with Gasteiger partial charge in [-0.3, -0.25) is 4.79 Å². The van der Waals surface area contributed by atoms with Crippen LogP contribution in [0.1, 0.15) is 153 Å². The number of rotatable bonds is 18. The first-order valence-electron chi connectivity index (χ1n) is 21.8. The molecule has 2 fully saturated rings. The van der Waals surface area contributed by atoms with Crippen LogP contribution >= 0.6 is 0 Å². The highest BCUT2D eigenvalue weighted by molar-refractivity contribution is 5.94. The summed E-state index contributed by atoms with van der Waals surface area (Å²) in [6, 6.07) is -0.642. The van der Waals surface area contributed by atoms with Gasteiger partial charge in [-0.2, -0.15) is 0 Å². The van der Waals surface area contributed by atoms with E-state index < -0.39 is 36.2 Å². The summed E-state index contributed by atoms with van der Waals surface area (Å²) in [6.07, 6.45) is 16.0. The normalized spacial score (nSPS) is 21.0. The molecule has 8 atom stereocenters. The van der Waals surface area contributed by atoms with Crippen LogP contribution in [0, 0.1) is 160 Å². The fourth-order valence-corrected chi connectivity index (χ4v) is 6.54. The van der Waals surface area contributed by atoms with Gasteiger partial charge in [0.15, 0.2) is 12.1 Å². The second-order valence-corrected chi connectivity index (χ2v) is 15.3. The van der Waals surface area contributed by atoms with Gasteiger partial charge in [-0.15, -0.1) is 0 Å². The fraction of sp³-hybridized carbons (Fsp3) is 0.518. The minimum atomic E-state index is -0.892. The summed E-state index contributed by atoms with van der Waals surface area (Å²) >= 11 is 0. The van der Waals surface area contributed by atoms with Crippen molar-refractivity contribution in [3.05, 3.63) is 12.2 Å². The van der Waals surface area contributed by atoms with Gasteiger partial charge < -0.3 is 29.4 Å². The van der Waals surface area contributed by atoms with Crippen molar-refractivity contribution in [2.24, 2.45) is 17.8 Å². The molecule has 63 heavy (non-hydrogen) atoms. The molecule has 2 unspecified atom stereocenters. The van der Waals surface area contributed by atoms with Gasteiger partial charge in [0.1, 0.15) is 12.2 Å². The fourth-order valence-electron chi connectivity index (χ4n) is 6.54. The predicted octanol–water partition coefficient (Wildman–Crippen LogP) is 12.5. The number of amides is 1. The molecule has 2 aliphatic heterocycles. The Morgan fingerprint density at radius 1 is 0.667 bits per heavy atom. The minimum absolute atomic E-state index is 0. The first-order chi connectivity index (χ1) is 30.6. The largest absolute Gasteiger partial charge is 0.394 e. The van der Waals surface area contributed by atoms with Crippen molar-refractivity contribution in [2.45, 2.75) is 156 Å². The SMILES string of the molecule is CC#CC#CC#CC#CC#CC#CC#CC#CC#CC#CC#CC#CC(=O)N[C@@H](CO[C@H]1OC(CO)[C@H](C)[C@H](C)C1C)[C@@H]1OC(C)(C)O[C@@H]1C=CCCCCCCCCCCCC.[HH].[HH].[HH].[HH].[HH].[HH].[HH].[HH].[HH].[HH].[HH].[HH].[HH].[HH].[HH].[HH].[HH].[HH].[HH].[HH].[HH].[HH].[HH].[HH]. The summed E-state index contributed by atoms with van der Waals surface area (Å²) in [7, 11) is 0. The van der Waals surface area contributed by atoms with Gasteiger partial charge in [0.2, 0.25) is 0 Å². The zero-order chi connectivity index (χ0) is 45.8. The van der Waals surface area contributed by atoms with E-state index in [9.17, 15) is 9.90 Å². The van der Waals surface area contributed by atoms with Gasteiger partial charge in [-0.1, -0.05) is 104 Å². The van der Waals surface area contributed by atoms with Crippen molar-refractivity contribution >= 4 is 5.91 Å². The number of hydrogen-bond acceptors (Lipinski definition) is 6. The predicted molar refractivity (Wildman–Crippen MR) is 300 cm³/mol. The second kappa shape index (κ2) is 33.4. The van der Waals surface area contributed by atoms with Gasteiger partial charge in [0, 0.05) is 81.6 Å². The maximum Gasteiger partial charge on any atom is 0.297 e. The van der Waals surface area contributed by atoms with E-state index in [2.05, 4.69) is 181 Å². The van der Waals surface area contributed by atoms with E-state index in [1.165, 1.54) is 57.8 Å². The third-order valence-electron chi connectivity index (χ3n) is 10.1. The molecule has 2 rings (SSSR count). The molecule has 0 aromatic carbocycles. The van der Waals surface area contributed by atoms with Crippen LogP contribution in [0.2, 0.25) is 0 Å². The monoisotopic (exact) mass is 890 g/mol. The number of aliphatic hydroxyl groups is 1. The van der Waals surface area contributed by atoms with Crippen LogP contribution in [0.15, 0.2) is 12.2 Å². The average molecular weight is 890 g/mol. The molecule has 1 amide bonds. The maximum absolute atomic E-state index is 13.2. The first-order valence-corrected chi connectivity index (χ1v) is 21.8.